The predicted molar refractivity (Wildman–Crippen MR) is 106 cm³/mol. The molecule has 1 aromatic rings. The highest BCUT2D eigenvalue weighted by Crippen LogP contribution is 2.29. The number of methoxy groups -OCH3 is 1. The normalized spacial score (nSPS) is 26.1. The molecule has 0 spiro atoms. The summed E-state index contributed by atoms with van der Waals surface area (Å²) in [6, 6.07) is 6.59. The lowest BCUT2D eigenvalue weighted by molar-refractivity contribution is -0.217. The van der Waals surface area contributed by atoms with E-state index in [1.165, 1.54) is 20.8 Å². The van der Waals surface area contributed by atoms with Gasteiger partial charge < -0.3 is 23.7 Å². The summed E-state index contributed by atoms with van der Waals surface area (Å²) >= 11 is 0. The van der Waals surface area contributed by atoms with Crippen LogP contribution < -0.4 is 4.74 Å². The summed E-state index contributed by atoms with van der Waals surface area (Å²) in [6.07, 6.45) is -1.58. The fourth-order valence-corrected chi connectivity index (χ4v) is 3.17. The number of hydrogen-bond donors (Lipinski definition) is 0. The topological polar surface area (TPSA) is 110 Å². The Labute approximate surface area is 175 Å². The van der Waals surface area contributed by atoms with Gasteiger partial charge in [-0.2, -0.15) is 0 Å². The summed E-state index contributed by atoms with van der Waals surface area (Å²) in [5, 5.41) is 0. The van der Waals surface area contributed by atoms with E-state index in [-0.39, 0.29) is 6.61 Å². The fraction of sp³-hybridized carbons (Fsp3) is 0.524. The molecule has 5 unspecified atom stereocenters. The van der Waals surface area contributed by atoms with Gasteiger partial charge in [0.05, 0.1) is 13.2 Å². The lowest BCUT2D eigenvalue weighted by atomic mass is 9.93. The molecule has 0 amide bonds. The number of ether oxygens (including phenoxy) is 5. The second-order valence-electron chi connectivity index (χ2n) is 6.87. The largest absolute Gasteiger partial charge is 0.497 e. The van der Waals surface area contributed by atoms with Crippen LogP contribution in [0.1, 0.15) is 33.3 Å². The minimum Gasteiger partial charge on any atom is -0.497 e. The average Bonchev–Trinajstić information content (AvgIpc) is 2.68. The number of hydrogen-bond acceptors (Lipinski definition) is 9. The minimum atomic E-state index is -0.986. The van der Waals surface area contributed by atoms with E-state index in [1.54, 1.807) is 32.4 Å². The van der Waals surface area contributed by atoms with Gasteiger partial charge in [-0.15, -0.1) is 0 Å². The molecule has 1 aliphatic heterocycles. The minimum absolute atomic E-state index is 0.149. The maximum atomic E-state index is 11.8. The first-order chi connectivity index (χ1) is 14.2. The van der Waals surface area contributed by atoms with E-state index in [0.717, 1.165) is 5.56 Å². The Balaban J connectivity index is 2.31. The average molecular weight is 421 g/mol. The molecule has 1 aliphatic rings. The maximum Gasteiger partial charge on any atom is 0.303 e. The molecule has 0 saturated carbocycles. The molecule has 0 aliphatic carbocycles. The molecule has 9 nitrogen and oxygen atoms in total. The van der Waals surface area contributed by atoms with Crippen molar-refractivity contribution in [3.63, 3.8) is 0 Å². The fourth-order valence-electron chi connectivity index (χ4n) is 3.17. The third-order valence-corrected chi connectivity index (χ3v) is 4.46. The lowest BCUT2D eigenvalue weighted by Crippen LogP contribution is -2.60. The van der Waals surface area contributed by atoms with Crippen molar-refractivity contribution in [3.8, 4) is 5.75 Å². The monoisotopic (exact) mass is 421 g/mol. The van der Waals surface area contributed by atoms with E-state index in [4.69, 9.17) is 23.7 Å². The standard InChI is InChI=1S/C21H27NO8/c1-12-19(22-10-16-6-8-17(26-5)9-7-16)21(30-15(4)25)20(29-14(3)24)18(28-12)11-27-13(2)23/h6-10,12,18-21H,11H2,1-5H3. The van der Waals surface area contributed by atoms with Crippen molar-refractivity contribution < 1.29 is 38.1 Å². The molecule has 0 N–H and O–H groups in total. The van der Waals surface area contributed by atoms with Crippen LogP contribution in [0.3, 0.4) is 0 Å². The van der Waals surface area contributed by atoms with Crippen molar-refractivity contribution in [2.24, 2.45) is 4.99 Å². The number of carbonyl (C=O) groups is 3. The van der Waals surface area contributed by atoms with Gasteiger partial charge in [0.15, 0.2) is 12.2 Å². The molecule has 30 heavy (non-hydrogen) atoms. The van der Waals surface area contributed by atoms with Crippen LogP contribution in [0, 0.1) is 0 Å². The molecule has 1 fully saturated rings. The quantitative estimate of drug-likeness (QED) is 0.372. The Hall–Kier alpha value is -2.94. The summed E-state index contributed by atoms with van der Waals surface area (Å²) in [7, 11) is 1.58. The third-order valence-electron chi connectivity index (χ3n) is 4.46. The Morgan fingerprint density at radius 2 is 1.60 bits per heavy atom. The number of benzene rings is 1. The SMILES string of the molecule is COc1ccc(C=NC2C(C)OC(COC(C)=O)C(OC(C)=O)C2OC(C)=O)cc1. The predicted octanol–water partition coefficient (Wildman–Crippen LogP) is 1.70. The highest BCUT2D eigenvalue weighted by atomic mass is 16.6. The highest BCUT2D eigenvalue weighted by Gasteiger charge is 2.48. The van der Waals surface area contributed by atoms with Crippen LogP contribution in [0.2, 0.25) is 0 Å². The number of carbonyl (C=O) groups excluding carboxylic acids is 3. The van der Waals surface area contributed by atoms with Gasteiger partial charge in [0.1, 0.15) is 24.5 Å². The van der Waals surface area contributed by atoms with Crippen LogP contribution in [-0.2, 0) is 33.3 Å². The zero-order valence-corrected chi connectivity index (χ0v) is 17.7. The van der Waals surface area contributed by atoms with E-state index in [2.05, 4.69) is 4.99 Å². The smallest absolute Gasteiger partial charge is 0.303 e. The summed E-state index contributed by atoms with van der Waals surface area (Å²) in [6.45, 7) is 5.37. The molecule has 164 valence electrons. The van der Waals surface area contributed by atoms with Crippen molar-refractivity contribution in [1.82, 2.24) is 0 Å². The highest BCUT2D eigenvalue weighted by molar-refractivity contribution is 5.80. The molecule has 2 rings (SSSR count). The number of nitrogens with zero attached hydrogens (tertiary/aromatic N) is 1. The van der Waals surface area contributed by atoms with Crippen LogP contribution in [0.15, 0.2) is 29.3 Å². The van der Waals surface area contributed by atoms with Gasteiger partial charge in [0.2, 0.25) is 0 Å². The zero-order valence-electron chi connectivity index (χ0n) is 17.7. The van der Waals surface area contributed by atoms with Gasteiger partial charge in [-0.05, 0) is 36.8 Å². The van der Waals surface area contributed by atoms with Crippen LogP contribution in [0.25, 0.3) is 0 Å². The molecular formula is C21H27NO8. The number of rotatable bonds is 7. The van der Waals surface area contributed by atoms with Crippen molar-refractivity contribution in [2.45, 2.75) is 58.2 Å². The number of aliphatic imine (C=N–C) groups is 1. The van der Waals surface area contributed by atoms with Crippen LogP contribution in [0.5, 0.6) is 5.75 Å². The van der Waals surface area contributed by atoms with Crippen molar-refractivity contribution in [1.29, 1.82) is 0 Å². The second kappa shape index (κ2) is 10.7. The molecule has 1 heterocycles. The molecule has 0 bridgehead atoms. The van der Waals surface area contributed by atoms with E-state index >= 15 is 0 Å². The lowest BCUT2D eigenvalue weighted by Gasteiger charge is -2.42. The first-order valence-corrected chi connectivity index (χ1v) is 9.51. The zero-order chi connectivity index (χ0) is 22.3. The summed E-state index contributed by atoms with van der Waals surface area (Å²) in [5.41, 5.74) is 0.802. The molecule has 5 atom stereocenters. The van der Waals surface area contributed by atoms with Gasteiger partial charge in [-0.3, -0.25) is 19.4 Å². The van der Waals surface area contributed by atoms with E-state index in [9.17, 15) is 14.4 Å². The molecule has 1 saturated heterocycles. The van der Waals surface area contributed by atoms with Crippen LogP contribution in [-0.4, -0.2) is 68.3 Å². The molecule has 1 aromatic carbocycles. The van der Waals surface area contributed by atoms with Gasteiger partial charge in [0, 0.05) is 27.0 Å². The summed E-state index contributed by atoms with van der Waals surface area (Å²) in [5.74, 6) is -0.929. The summed E-state index contributed by atoms with van der Waals surface area (Å²) < 4.78 is 27.0. The van der Waals surface area contributed by atoms with Crippen molar-refractivity contribution in [2.75, 3.05) is 13.7 Å². The first-order valence-electron chi connectivity index (χ1n) is 9.51. The summed E-state index contributed by atoms with van der Waals surface area (Å²) in [4.78, 5) is 39.2. The molecule has 0 radical (unpaired) electrons. The molecule has 9 heteroatoms. The Morgan fingerprint density at radius 1 is 1.00 bits per heavy atom. The second-order valence-corrected chi connectivity index (χ2v) is 6.87. The Kier molecular flexibility index (Phi) is 8.35. The molecule has 0 aromatic heterocycles. The van der Waals surface area contributed by atoms with E-state index in [0.29, 0.717) is 5.75 Å². The van der Waals surface area contributed by atoms with E-state index in [1.807, 2.05) is 12.1 Å². The number of esters is 3. The third kappa shape index (κ3) is 6.55. The van der Waals surface area contributed by atoms with Crippen molar-refractivity contribution in [3.05, 3.63) is 29.8 Å². The van der Waals surface area contributed by atoms with Crippen LogP contribution in [0.4, 0.5) is 0 Å². The van der Waals surface area contributed by atoms with E-state index < -0.39 is 48.4 Å². The van der Waals surface area contributed by atoms with Crippen LogP contribution >= 0.6 is 0 Å². The Bertz CT molecular complexity index is 776. The van der Waals surface area contributed by atoms with Gasteiger partial charge in [-0.25, -0.2) is 0 Å². The Morgan fingerprint density at radius 3 is 2.13 bits per heavy atom. The van der Waals surface area contributed by atoms with Gasteiger partial charge in [-0.1, -0.05) is 0 Å². The molecular weight excluding hydrogens is 394 g/mol. The maximum absolute atomic E-state index is 11.8. The van der Waals surface area contributed by atoms with Gasteiger partial charge in [0.25, 0.3) is 0 Å². The van der Waals surface area contributed by atoms with Gasteiger partial charge >= 0.3 is 17.9 Å². The first kappa shape index (κ1) is 23.3. The van der Waals surface area contributed by atoms with Crippen molar-refractivity contribution >= 4 is 24.1 Å².